The van der Waals surface area contributed by atoms with Gasteiger partial charge in [-0.05, 0) is 24.3 Å². The molecule has 3 heterocycles. The van der Waals surface area contributed by atoms with Crippen molar-refractivity contribution in [3.63, 3.8) is 0 Å². The predicted molar refractivity (Wildman–Crippen MR) is 92.0 cm³/mol. The van der Waals surface area contributed by atoms with Gasteiger partial charge in [0.25, 0.3) is 0 Å². The first-order valence-corrected chi connectivity index (χ1v) is 8.26. The van der Waals surface area contributed by atoms with Crippen molar-refractivity contribution in [2.24, 2.45) is 0 Å². The number of fused-ring (bicyclic) bond motifs is 4. The van der Waals surface area contributed by atoms with Crippen molar-refractivity contribution in [3.05, 3.63) is 59.2 Å². The van der Waals surface area contributed by atoms with Crippen LogP contribution < -0.4 is 0 Å². The lowest BCUT2D eigenvalue weighted by Gasteiger charge is -2.23. The van der Waals surface area contributed by atoms with Crippen molar-refractivity contribution in [1.29, 1.82) is 0 Å². The maximum absolute atomic E-state index is 11.2. The second-order valence-electron chi connectivity index (χ2n) is 6.32. The highest BCUT2D eigenvalue weighted by molar-refractivity contribution is 5.69. The Hall–Kier alpha value is -2.84. The smallest absolute Gasteiger partial charge is 0.317 e. The average molecular weight is 356 g/mol. The SMILES string of the molecule is O=C(O)CN1Cc2cccc(n2)CN(CC(=O)O)Cc2cccc(n2)C1. The molecule has 0 fully saturated rings. The highest BCUT2D eigenvalue weighted by Gasteiger charge is 2.17. The van der Waals surface area contributed by atoms with Gasteiger partial charge in [-0.15, -0.1) is 0 Å². The average Bonchev–Trinajstić information content (AvgIpc) is 2.53. The van der Waals surface area contributed by atoms with Crippen LogP contribution in [0.25, 0.3) is 0 Å². The molecule has 0 aromatic carbocycles. The summed E-state index contributed by atoms with van der Waals surface area (Å²) in [6.45, 7) is 1.30. The van der Waals surface area contributed by atoms with Gasteiger partial charge in [-0.1, -0.05) is 12.1 Å². The molecule has 0 saturated carbocycles. The fourth-order valence-corrected chi connectivity index (χ4v) is 3.05. The minimum absolute atomic E-state index is 0.108. The minimum atomic E-state index is -0.906. The third-order valence-electron chi connectivity index (χ3n) is 3.99. The number of carboxylic acids is 2. The van der Waals surface area contributed by atoms with Crippen molar-refractivity contribution in [2.45, 2.75) is 26.2 Å². The molecule has 0 saturated heterocycles. The number of pyridine rings is 2. The number of hydrogen-bond acceptors (Lipinski definition) is 6. The summed E-state index contributed by atoms with van der Waals surface area (Å²) >= 11 is 0. The molecular weight excluding hydrogens is 336 g/mol. The van der Waals surface area contributed by atoms with E-state index in [0.717, 1.165) is 22.8 Å². The summed E-state index contributed by atoms with van der Waals surface area (Å²) in [5.41, 5.74) is 2.98. The van der Waals surface area contributed by atoms with Crippen LogP contribution in [0.3, 0.4) is 0 Å². The van der Waals surface area contributed by atoms with Gasteiger partial charge >= 0.3 is 11.9 Å². The summed E-state index contributed by atoms with van der Waals surface area (Å²) in [7, 11) is 0. The number of nitrogens with zero attached hydrogens (tertiary/aromatic N) is 4. The van der Waals surface area contributed by atoms with Gasteiger partial charge in [0.2, 0.25) is 0 Å². The number of carboxylic acid groups (broad SMARTS) is 2. The molecule has 0 amide bonds. The van der Waals surface area contributed by atoms with Crippen molar-refractivity contribution < 1.29 is 19.8 Å². The summed E-state index contributed by atoms with van der Waals surface area (Å²) < 4.78 is 0. The van der Waals surface area contributed by atoms with Crippen LogP contribution in [0.1, 0.15) is 22.8 Å². The molecule has 3 rings (SSSR count). The zero-order chi connectivity index (χ0) is 18.5. The van der Waals surface area contributed by atoms with Crippen LogP contribution in [0.5, 0.6) is 0 Å². The molecule has 4 bridgehead atoms. The first kappa shape index (κ1) is 18.0. The van der Waals surface area contributed by atoms with Crippen LogP contribution in [0.15, 0.2) is 36.4 Å². The Bertz CT molecular complexity index is 701. The van der Waals surface area contributed by atoms with Crippen molar-refractivity contribution >= 4 is 11.9 Å². The Balaban J connectivity index is 1.95. The largest absolute Gasteiger partial charge is 0.480 e. The Morgan fingerprint density at radius 3 is 1.31 bits per heavy atom. The fraction of sp³-hybridized carbons (Fsp3) is 0.333. The van der Waals surface area contributed by atoms with Gasteiger partial charge in [0, 0.05) is 26.2 Å². The summed E-state index contributed by atoms with van der Waals surface area (Å²) in [5, 5.41) is 18.4. The molecule has 0 spiro atoms. The van der Waals surface area contributed by atoms with E-state index in [1.807, 2.05) is 36.4 Å². The third kappa shape index (κ3) is 5.08. The molecular formula is C18H20N4O4. The second-order valence-corrected chi connectivity index (χ2v) is 6.32. The third-order valence-corrected chi connectivity index (χ3v) is 3.99. The van der Waals surface area contributed by atoms with E-state index in [-0.39, 0.29) is 13.1 Å². The van der Waals surface area contributed by atoms with Crippen molar-refractivity contribution in [2.75, 3.05) is 13.1 Å². The molecule has 1 aliphatic heterocycles. The number of carbonyl (C=O) groups is 2. The summed E-state index contributed by atoms with van der Waals surface area (Å²) in [6.07, 6.45) is 0. The molecule has 0 aliphatic carbocycles. The van der Waals surface area contributed by atoms with Gasteiger partial charge in [0.1, 0.15) is 0 Å². The maximum atomic E-state index is 11.2. The Kier molecular flexibility index (Phi) is 5.55. The molecule has 136 valence electrons. The van der Waals surface area contributed by atoms with Gasteiger partial charge in [-0.3, -0.25) is 29.4 Å². The topological polar surface area (TPSA) is 107 Å². The normalized spacial score (nSPS) is 15.7. The Labute approximate surface area is 150 Å². The van der Waals surface area contributed by atoms with Gasteiger partial charge in [-0.25, -0.2) is 0 Å². The highest BCUT2D eigenvalue weighted by atomic mass is 16.4. The standard InChI is InChI=1S/C18H20N4O4/c23-17(24)11-21-7-13-3-1-4-14(19-13)8-22(12-18(25)26)10-16-6-2-5-15(9-21)20-16/h1-6H,7-12H2,(H,23,24)(H,25,26). The van der Waals surface area contributed by atoms with E-state index in [1.165, 1.54) is 0 Å². The number of hydrogen-bond donors (Lipinski definition) is 2. The van der Waals surface area contributed by atoms with Crippen LogP contribution in [0.4, 0.5) is 0 Å². The van der Waals surface area contributed by atoms with Crippen LogP contribution in [0.2, 0.25) is 0 Å². The van der Waals surface area contributed by atoms with Gasteiger partial charge < -0.3 is 10.2 Å². The van der Waals surface area contributed by atoms with E-state index >= 15 is 0 Å². The van der Waals surface area contributed by atoms with E-state index in [4.69, 9.17) is 0 Å². The van der Waals surface area contributed by atoms with Crippen LogP contribution >= 0.6 is 0 Å². The Morgan fingerprint density at radius 1 is 0.731 bits per heavy atom. The lowest BCUT2D eigenvalue weighted by Crippen LogP contribution is -2.32. The zero-order valence-corrected chi connectivity index (χ0v) is 14.2. The summed E-state index contributed by atoms with van der Waals surface area (Å²) in [6, 6.07) is 11.1. The Morgan fingerprint density at radius 2 is 1.04 bits per heavy atom. The van der Waals surface area contributed by atoms with Crippen LogP contribution in [0, 0.1) is 0 Å². The number of aliphatic carboxylic acids is 2. The predicted octanol–water partition coefficient (Wildman–Crippen LogP) is 0.964. The lowest BCUT2D eigenvalue weighted by atomic mass is 10.2. The van der Waals surface area contributed by atoms with Gasteiger partial charge in [0.15, 0.2) is 0 Å². The molecule has 0 atom stereocenters. The number of rotatable bonds is 4. The maximum Gasteiger partial charge on any atom is 0.317 e. The molecule has 2 aromatic rings. The fourth-order valence-electron chi connectivity index (χ4n) is 3.05. The minimum Gasteiger partial charge on any atom is -0.480 e. The lowest BCUT2D eigenvalue weighted by molar-refractivity contribution is -0.139. The monoisotopic (exact) mass is 356 g/mol. The van der Waals surface area contributed by atoms with E-state index in [9.17, 15) is 19.8 Å². The van der Waals surface area contributed by atoms with E-state index in [0.29, 0.717) is 26.2 Å². The quantitative estimate of drug-likeness (QED) is 0.834. The zero-order valence-electron chi connectivity index (χ0n) is 14.2. The van der Waals surface area contributed by atoms with Crippen LogP contribution in [-0.4, -0.2) is 55.0 Å². The number of aromatic nitrogens is 2. The second kappa shape index (κ2) is 8.03. The molecule has 0 radical (unpaired) electrons. The molecule has 8 heteroatoms. The highest BCUT2D eigenvalue weighted by Crippen LogP contribution is 2.13. The molecule has 8 nitrogen and oxygen atoms in total. The van der Waals surface area contributed by atoms with E-state index in [2.05, 4.69) is 9.97 Å². The molecule has 26 heavy (non-hydrogen) atoms. The van der Waals surface area contributed by atoms with Gasteiger partial charge in [-0.2, -0.15) is 0 Å². The van der Waals surface area contributed by atoms with E-state index < -0.39 is 11.9 Å². The molecule has 2 aromatic heterocycles. The van der Waals surface area contributed by atoms with Gasteiger partial charge in [0.05, 0.1) is 35.9 Å². The van der Waals surface area contributed by atoms with Crippen molar-refractivity contribution in [1.82, 2.24) is 19.8 Å². The first-order chi connectivity index (χ1) is 12.5. The first-order valence-electron chi connectivity index (χ1n) is 8.26. The van der Waals surface area contributed by atoms with Crippen LogP contribution in [-0.2, 0) is 35.8 Å². The molecule has 0 unspecified atom stereocenters. The summed E-state index contributed by atoms with van der Waals surface area (Å²) in [4.78, 5) is 35.1. The molecule has 1 aliphatic rings. The van der Waals surface area contributed by atoms with Crippen molar-refractivity contribution in [3.8, 4) is 0 Å². The van der Waals surface area contributed by atoms with E-state index in [1.54, 1.807) is 9.80 Å². The molecule has 2 N–H and O–H groups in total. The summed E-state index contributed by atoms with van der Waals surface area (Å²) in [5.74, 6) is -1.81.